The van der Waals surface area contributed by atoms with Crippen LogP contribution < -0.4 is 0 Å². The molecule has 0 bridgehead atoms. The van der Waals surface area contributed by atoms with E-state index in [1.54, 1.807) is 6.07 Å². The minimum atomic E-state index is -0.336. The number of hydrogen-bond donors (Lipinski definition) is 0. The van der Waals surface area contributed by atoms with Crippen LogP contribution in [0.2, 0.25) is 0 Å². The summed E-state index contributed by atoms with van der Waals surface area (Å²) in [5.41, 5.74) is 1.21. The van der Waals surface area contributed by atoms with Crippen LogP contribution in [0.25, 0.3) is 0 Å². The van der Waals surface area contributed by atoms with Gasteiger partial charge < -0.3 is 9.22 Å². The van der Waals surface area contributed by atoms with Crippen LogP contribution in [0.3, 0.4) is 0 Å². The third kappa shape index (κ3) is 4.11. The predicted octanol–water partition coefficient (Wildman–Crippen LogP) is 2.03. The molecule has 0 N–H and O–H groups in total. The van der Waals surface area contributed by atoms with Crippen LogP contribution in [0.5, 0.6) is 0 Å². The molecule has 0 amide bonds. The first-order valence-corrected chi connectivity index (χ1v) is 6.45. The summed E-state index contributed by atoms with van der Waals surface area (Å²) < 4.78 is 6.18. The molecule has 0 radical (unpaired) electrons. The van der Waals surface area contributed by atoms with Crippen LogP contribution in [-0.4, -0.2) is 48.7 Å². The van der Waals surface area contributed by atoms with E-state index in [4.69, 9.17) is 4.74 Å². The van der Waals surface area contributed by atoms with Gasteiger partial charge in [-0.3, -0.25) is 0 Å². The zero-order valence-electron chi connectivity index (χ0n) is 11.8. The van der Waals surface area contributed by atoms with Crippen molar-refractivity contribution in [3.8, 4) is 0 Å². The second-order valence-corrected chi connectivity index (χ2v) is 4.78. The molecule has 0 atom stereocenters. The van der Waals surface area contributed by atoms with Gasteiger partial charge in [-0.25, -0.2) is 9.78 Å². The number of aromatic nitrogens is 1. The average Bonchev–Trinajstić information content (AvgIpc) is 2.38. The fourth-order valence-electron chi connectivity index (χ4n) is 1.63. The van der Waals surface area contributed by atoms with E-state index in [0.717, 1.165) is 29.8 Å². The van der Waals surface area contributed by atoms with Crippen molar-refractivity contribution in [2.24, 2.45) is 0 Å². The summed E-state index contributed by atoms with van der Waals surface area (Å²) in [5.74, 6) is -0.336. The van der Waals surface area contributed by atoms with Crippen LogP contribution in [0, 0.1) is 6.92 Å². The van der Waals surface area contributed by atoms with Gasteiger partial charge in [-0.1, -0.05) is 6.07 Å². The number of likely N-dealkylation sites (N-methyl/N-ethyl adjacent to an activating group) is 1. The molecule has 0 aliphatic heterocycles. The Kier molecular flexibility index (Phi) is 5.28. The molecule has 4 heteroatoms. The summed E-state index contributed by atoms with van der Waals surface area (Å²) >= 11 is 0. The molecular formula is C14H23N2O2+. The lowest BCUT2D eigenvalue weighted by Gasteiger charge is -2.31. The van der Waals surface area contributed by atoms with E-state index < -0.39 is 0 Å². The van der Waals surface area contributed by atoms with Crippen molar-refractivity contribution in [3.63, 3.8) is 0 Å². The van der Waals surface area contributed by atoms with E-state index in [0.29, 0.717) is 12.3 Å². The van der Waals surface area contributed by atoms with Crippen LogP contribution >= 0.6 is 0 Å². The molecule has 4 nitrogen and oxygen atoms in total. The molecule has 0 aromatic carbocycles. The Morgan fingerprint density at radius 3 is 2.56 bits per heavy atom. The standard InChI is InChI=1S/C14H23N2O2/c1-5-16(4,6-2)10-11-18-14(17)13-9-7-8-12(3)15-13/h7-9H,5-6,10-11H2,1-4H3/q+1. The van der Waals surface area contributed by atoms with Gasteiger partial charge in [-0.15, -0.1) is 0 Å². The zero-order chi connectivity index (χ0) is 13.6. The smallest absolute Gasteiger partial charge is 0.357 e. The van der Waals surface area contributed by atoms with Crippen LogP contribution in [0.4, 0.5) is 0 Å². The Morgan fingerprint density at radius 1 is 1.33 bits per heavy atom. The first-order chi connectivity index (χ1) is 8.50. The van der Waals surface area contributed by atoms with E-state index in [-0.39, 0.29) is 5.97 Å². The van der Waals surface area contributed by atoms with Crippen molar-refractivity contribution < 1.29 is 14.0 Å². The van der Waals surface area contributed by atoms with Crippen molar-refractivity contribution in [2.45, 2.75) is 20.8 Å². The lowest BCUT2D eigenvalue weighted by molar-refractivity contribution is -0.906. The number of rotatable bonds is 6. The number of hydrogen-bond acceptors (Lipinski definition) is 3. The first-order valence-electron chi connectivity index (χ1n) is 6.45. The molecule has 18 heavy (non-hydrogen) atoms. The molecule has 0 saturated carbocycles. The number of nitrogens with zero attached hydrogens (tertiary/aromatic N) is 2. The molecule has 0 saturated heterocycles. The van der Waals surface area contributed by atoms with Gasteiger partial charge in [0.15, 0.2) is 0 Å². The molecule has 100 valence electrons. The topological polar surface area (TPSA) is 39.2 Å². The summed E-state index contributed by atoms with van der Waals surface area (Å²) in [5, 5.41) is 0. The molecule has 1 aromatic rings. The second-order valence-electron chi connectivity index (χ2n) is 4.78. The quantitative estimate of drug-likeness (QED) is 0.573. The maximum absolute atomic E-state index is 11.8. The highest BCUT2D eigenvalue weighted by Crippen LogP contribution is 2.03. The Morgan fingerprint density at radius 2 is 2.00 bits per heavy atom. The first kappa shape index (κ1) is 14.6. The third-order valence-corrected chi connectivity index (χ3v) is 3.49. The van der Waals surface area contributed by atoms with Gasteiger partial charge in [-0.05, 0) is 32.9 Å². The molecule has 0 aliphatic rings. The Bertz CT molecular complexity index is 401. The van der Waals surface area contributed by atoms with Gasteiger partial charge in [0.05, 0.1) is 20.1 Å². The van der Waals surface area contributed by atoms with E-state index in [9.17, 15) is 4.79 Å². The summed E-state index contributed by atoms with van der Waals surface area (Å²) in [6, 6.07) is 5.36. The SMILES string of the molecule is CC[N+](C)(CC)CCOC(=O)c1cccc(C)n1. The van der Waals surface area contributed by atoms with Crippen molar-refractivity contribution >= 4 is 5.97 Å². The predicted molar refractivity (Wildman–Crippen MR) is 71.4 cm³/mol. The van der Waals surface area contributed by atoms with Gasteiger partial charge in [0.25, 0.3) is 0 Å². The molecule has 0 fully saturated rings. The average molecular weight is 251 g/mol. The zero-order valence-corrected chi connectivity index (χ0v) is 11.8. The Balaban J connectivity index is 2.47. The van der Waals surface area contributed by atoms with Crippen molar-refractivity contribution in [1.82, 2.24) is 4.98 Å². The minimum absolute atomic E-state index is 0.336. The number of pyridine rings is 1. The maximum atomic E-state index is 11.8. The number of esters is 1. The number of aryl methyl sites for hydroxylation is 1. The van der Waals surface area contributed by atoms with Crippen molar-refractivity contribution in [3.05, 3.63) is 29.6 Å². The van der Waals surface area contributed by atoms with E-state index >= 15 is 0 Å². The summed E-state index contributed by atoms with van der Waals surface area (Å²) in [7, 11) is 2.17. The van der Waals surface area contributed by atoms with Gasteiger partial charge in [0.2, 0.25) is 0 Å². The monoisotopic (exact) mass is 251 g/mol. The van der Waals surface area contributed by atoms with Crippen molar-refractivity contribution in [1.29, 1.82) is 0 Å². The number of carbonyl (C=O) groups excluding carboxylic acids is 1. The highest BCUT2D eigenvalue weighted by molar-refractivity contribution is 5.87. The summed E-state index contributed by atoms with van der Waals surface area (Å²) in [6.07, 6.45) is 0. The normalized spacial score (nSPS) is 11.3. The van der Waals surface area contributed by atoms with Crippen molar-refractivity contribution in [2.75, 3.05) is 33.3 Å². The fourth-order valence-corrected chi connectivity index (χ4v) is 1.63. The summed E-state index contributed by atoms with van der Waals surface area (Å²) in [4.78, 5) is 15.9. The summed E-state index contributed by atoms with van der Waals surface area (Å²) in [6.45, 7) is 9.50. The maximum Gasteiger partial charge on any atom is 0.357 e. The Hall–Kier alpha value is -1.42. The Labute approximate surface area is 109 Å². The highest BCUT2D eigenvalue weighted by atomic mass is 16.5. The lowest BCUT2D eigenvalue weighted by atomic mass is 10.3. The largest absolute Gasteiger partial charge is 0.455 e. The van der Waals surface area contributed by atoms with Gasteiger partial charge in [-0.2, -0.15) is 0 Å². The van der Waals surface area contributed by atoms with Crippen LogP contribution in [-0.2, 0) is 4.74 Å². The minimum Gasteiger partial charge on any atom is -0.455 e. The van der Waals surface area contributed by atoms with E-state index in [1.807, 2.05) is 19.1 Å². The highest BCUT2D eigenvalue weighted by Gasteiger charge is 2.17. The number of ether oxygens (including phenoxy) is 1. The van der Waals surface area contributed by atoms with Gasteiger partial charge in [0.1, 0.15) is 18.8 Å². The van der Waals surface area contributed by atoms with Crippen LogP contribution in [0.15, 0.2) is 18.2 Å². The fraction of sp³-hybridized carbons (Fsp3) is 0.571. The third-order valence-electron chi connectivity index (χ3n) is 3.49. The van der Waals surface area contributed by atoms with Crippen LogP contribution in [0.1, 0.15) is 30.0 Å². The number of quaternary nitrogens is 1. The van der Waals surface area contributed by atoms with Gasteiger partial charge in [0, 0.05) is 5.69 Å². The second kappa shape index (κ2) is 6.50. The lowest BCUT2D eigenvalue weighted by Crippen LogP contribution is -2.46. The molecule has 0 unspecified atom stereocenters. The van der Waals surface area contributed by atoms with E-state index in [1.165, 1.54) is 0 Å². The number of carbonyl (C=O) groups is 1. The molecule has 1 rings (SSSR count). The molecule has 0 aliphatic carbocycles. The molecule has 0 spiro atoms. The molecule has 1 heterocycles. The van der Waals surface area contributed by atoms with Gasteiger partial charge >= 0.3 is 5.97 Å². The van der Waals surface area contributed by atoms with E-state index in [2.05, 4.69) is 25.9 Å². The molecule has 1 aromatic heterocycles. The molecular weight excluding hydrogens is 228 g/mol.